The van der Waals surface area contributed by atoms with E-state index in [9.17, 15) is 4.79 Å². The minimum atomic E-state index is -1.21. The van der Waals surface area contributed by atoms with Gasteiger partial charge < -0.3 is 10.2 Å². The Morgan fingerprint density at radius 1 is 1.60 bits per heavy atom. The number of rotatable bonds is 1. The zero-order valence-electron chi connectivity index (χ0n) is 4.77. The molecule has 5 nitrogen and oxygen atoms in total. The van der Waals surface area contributed by atoms with Crippen LogP contribution < -0.4 is 0 Å². The number of hydrogen-bond acceptors (Lipinski definition) is 4. The van der Waals surface area contributed by atoms with Crippen LogP contribution in [0.1, 0.15) is 10.5 Å². The average Bonchev–Trinajstić information content (AvgIpc) is 1.88. The highest BCUT2D eigenvalue weighted by molar-refractivity contribution is 5.85. The normalized spacial score (nSPS) is 9.20. The van der Waals surface area contributed by atoms with E-state index in [0.717, 1.165) is 6.07 Å². The molecule has 2 N–H and O–H groups in total. The van der Waals surface area contributed by atoms with Crippen LogP contribution in [0.4, 0.5) is 0 Å². The summed E-state index contributed by atoms with van der Waals surface area (Å²) in [6, 6.07) is 0.943. The van der Waals surface area contributed by atoms with Crippen LogP contribution in [0.15, 0.2) is 6.07 Å². The number of aromatic nitrogens is 2. The van der Waals surface area contributed by atoms with Gasteiger partial charge in [-0.05, 0) is 0 Å². The first-order valence-electron chi connectivity index (χ1n) is 2.37. The van der Waals surface area contributed by atoms with Crippen LogP contribution in [0.5, 0.6) is 5.88 Å². The lowest BCUT2D eigenvalue weighted by Crippen LogP contribution is -1.99. The third-order valence-electron chi connectivity index (χ3n) is 0.820. The van der Waals surface area contributed by atoms with Crippen LogP contribution in [-0.2, 0) is 0 Å². The molecule has 1 heterocycles. The van der Waals surface area contributed by atoms with Crippen molar-refractivity contribution in [1.29, 1.82) is 0 Å². The van der Waals surface area contributed by atoms with Crippen molar-refractivity contribution in [3.63, 3.8) is 0 Å². The largest absolute Gasteiger partial charge is 0.493 e. The molecule has 1 aromatic heterocycles. The molecule has 10 heavy (non-hydrogen) atoms. The molecule has 0 unspecified atom stereocenters. The van der Waals surface area contributed by atoms with Crippen LogP contribution in [0.3, 0.4) is 0 Å². The van der Waals surface area contributed by atoms with Crippen molar-refractivity contribution in [2.45, 2.75) is 0 Å². The molecule has 0 aliphatic heterocycles. The molecule has 0 amide bonds. The van der Waals surface area contributed by atoms with Crippen molar-refractivity contribution < 1.29 is 15.0 Å². The van der Waals surface area contributed by atoms with Gasteiger partial charge in [0.05, 0.1) is 0 Å². The first-order valence-corrected chi connectivity index (χ1v) is 2.37. The van der Waals surface area contributed by atoms with Gasteiger partial charge in [-0.15, -0.1) is 0 Å². The Morgan fingerprint density at radius 2 is 2.30 bits per heavy atom. The van der Waals surface area contributed by atoms with Crippen molar-refractivity contribution in [3.05, 3.63) is 18.1 Å². The lowest BCUT2D eigenvalue weighted by atomic mass is 10.4. The third-order valence-corrected chi connectivity index (χ3v) is 0.820. The van der Waals surface area contributed by atoms with Gasteiger partial charge in [0.25, 0.3) is 0 Å². The Labute approximate surface area is 56.0 Å². The van der Waals surface area contributed by atoms with Gasteiger partial charge in [0.2, 0.25) is 12.2 Å². The van der Waals surface area contributed by atoms with E-state index in [4.69, 9.17) is 10.2 Å². The maximum atomic E-state index is 10.1. The van der Waals surface area contributed by atoms with Gasteiger partial charge in [0.1, 0.15) is 0 Å². The molecule has 1 radical (unpaired) electrons. The lowest BCUT2D eigenvalue weighted by Gasteiger charge is -1.90. The zero-order chi connectivity index (χ0) is 7.56. The maximum Gasteiger partial charge on any atom is 0.354 e. The zero-order valence-corrected chi connectivity index (χ0v) is 4.77. The molecular formula is C5H3N2O3. The smallest absolute Gasteiger partial charge is 0.354 e. The van der Waals surface area contributed by atoms with Gasteiger partial charge in [0, 0.05) is 6.07 Å². The van der Waals surface area contributed by atoms with Gasteiger partial charge in [-0.25, -0.2) is 9.78 Å². The molecule has 0 atom stereocenters. The fraction of sp³-hybridized carbons (Fsp3) is 0. The number of carboxylic acids is 1. The number of nitrogens with zero attached hydrogens (tertiary/aromatic N) is 2. The second kappa shape index (κ2) is 2.30. The Morgan fingerprint density at radius 3 is 2.70 bits per heavy atom. The highest BCUT2D eigenvalue weighted by Crippen LogP contribution is 2.02. The monoisotopic (exact) mass is 139 g/mol. The van der Waals surface area contributed by atoms with Crippen LogP contribution >= 0.6 is 0 Å². The van der Waals surface area contributed by atoms with E-state index >= 15 is 0 Å². The van der Waals surface area contributed by atoms with Gasteiger partial charge >= 0.3 is 5.97 Å². The van der Waals surface area contributed by atoms with E-state index in [1.54, 1.807) is 0 Å². The van der Waals surface area contributed by atoms with Crippen molar-refractivity contribution in [3.8, 4) is 5.88 Å². The fourth-order valence-electron chi connectivity index (χ4n) is 0.426. The predicted molar refractivity (Wildman–Crippen MR) is 29.5 cm³/mol. The summed E-state index contributed by atoms with van der Waals surface area (Å²) in [5, 5.41) is 16.9. The molecule has 5 heteroatoms. The Kier molecular flexibility index (Phi) is 1.49. The van der Waals surface area contributed by atoms with Gasteiger partial charge in [0.15, 0.2) is 5.69 Å². The molecule has 51 valence electrons. The van der Waals surface area contributed by atoms with Gasteiger partial charge in [-0.1, -0.05) is 0 Å². The first kappa shape index (κ1) is 6.47. The molecule has 1 rings (SSSR count). The number of carbonyl (C=O) groups is 1. The number of aromatic carboxylic acids is 1. The quantitative estimate of drug-likeness (QED) is 0.557. The van der Waals surface area contributed by atoms with Crippen molar-refractivity contribution in [2.24, 2.45) is 0 Å². The Bertz CT molecular complexity index is 261. The standard InChI is InChI=1S/C5H3N2O3/c8-4-1-3(5(9)10)6-2-7-4/h1H,(H,9,10)(H,6,7,8). The molecule has 0 bridgehead atoms. The van der Waals surface area contributed by atoms with Crippen LogP contribution in [0, 0.1) is 6.33 Å². The minimum Gasteiger partial charge on any atom is -0.493 e. The average molecular weight is 139 g/mol. The topological polar surface area (TPSA) is 83.3 Å². The molecule has 0 spiro atoms. The summed E-state index contributed by atoms with van der Waals surface area (Å²) in [6.07, 6.45) is 1.98. The van der Waals surface area contributed by atoms with E-state index in [1.165, 1.54) is 0 Å². The summed E-state index contributed by atoms with van der Waals surface area (Å²) in [6.45, 7) is 0. The first-order chi connectivity index (χ1) is 4.70. The summed E-state index contributed by atoms with van der Waals surface area (Å²) in [4.78, 5) is 16.6. The molecule has 1 aromatic rings. The minimum absolute atomic E-state index is 0.271. The highest BCUT2D eigenvalue weighted by atomic mass is 16.4. The lowest BCUT2D eigenvalue weighted by molar-refractivity contribution is 0.0689. The van der Waals surface area contributed by atoms with Crippen LogP contribution in [0.25, 0.3) is 0 Å². The SMILES string of the molecule is O=C(O)c1cc(O)n[c]n1. The van der Waals surface area contributed by atoms with Crippen LogP contribution in [-0.4, -0.2) is 26.2 Å². The summed E-state index contributed by atoms with van der Waals surface area (Å²) < 4.78 is 0. The van der Waals surface area contributed by atoms with E-state index in [0.29, 0.717) is 0 Å². The maximum absolute atomic E-state index is 10.1. The van der Waals surface area contributed by atoms with E-state index in [2.05, 4.69) is 9.97 Å². The molecular weight excluding hydrogens is 136 g/mol. The molecule has 0 aliphatic carbocycles. The fourth-order valence-corrected chi connectivity index (χ4v) is 0.426. The summed E-state index contributed by atoms with van der Waals surface area (Å²) in [5.74, 6) is -1.61. The van der Waals surface area contributed by atoms with E-state index in [-0.39, 0.29) is 5.69 Å². The van der Waals surface area contributed by atoms with Crippen molar-refractivity contribution in [2.75, 3.05) is 0 Å². The number of carboxylic acid groups (broad SMARTS) is 1. The number of hydrogen-bond donors (Lipinski definition) is 2. The highest BCUT2D eigenvalue weighted by Gasteiger charge is 2.04. The predicted octanol–water partition coefficient (Wildman–Crippen LogP) is -0.319. The van der Waals surface area contributed by atoms with Crippen LogP contribution in [0.2, 0.25) is 0 Å². The van der Waals surface area contributed by atoms with Gasteiger partial charge in [-0.3, -0.25) is 0 Å². The molecule has 0 aromatic carbocycles. The van der Waals surface area contributed by atoms with E-state index in [1.807, 2.05) is 6.33 Å². The molecule has 0 aliphatic rings. The Balaban J connectivity index is 3.07. The molecule has 0 fully saturated rings. The summed E-state index contributed by atoms with van der Waals surface area (Å²) in [7, 11) is 0. The number of aromatic hydroxyl groups is 1. The summed E-state index contributed by atoms with van der Waals surface area (Å²) in [5.41, 5.74) is -0.271. The third kappa shape index (κ3) is 1.19. The molecule has 0 saturated heterocycles. The Hall–Kier alpha value is -1.65. The second-order valence-corrected chi connectivity index (χ2v) is 1.52. The molecule has 0 saturated carbocycles. The second-order valence-electron chi connectivity index (χ2n) is 1.52. The van der Waals surface area contributed by atoms with Crippen molar-refractivity contribution >= 4 is 5.97 Å². The van der Waals surface area contributed by atoms with Crippen molar-refractivity contribution in [1.82, 2.24) is 9.97 Å². The van der Waals surface area contributed by atoms with E-state index < -0.39 is 11.8 Å². The van der Waals surface area contributed by atoms with Gasteiger partial charge in [-0.2, -0.15) is 4.98 Å². The summed E-state index contributed by atoms with van der Waals surface area (Å²) >= 11 is 0.